The summed E-state index contributed by atoms with van der Waals surface area (Å²) in [5.74, 6) is -1.27. The second-order valence-electron chi connectivity index (χ2n) is 6.44. The molecule has 7 heteroatoms. The van der Waals surface area contributed by atoms with Crippen LogP contribution < -0.4 is 4.74 Å². The van der Waals surface area contributed by atoms with Crippen LogP contribution in [-0.2, 0) is 22.6 Å². The Morgan fingerprint density at radius 1 is 1.00 bits per heavy atom. The number of ether oxygens (including phenoxy) is 2. The first-order valence-electron chi connectivity index (χ1n) is 8.94. The first kappa shape index (κ1) is 22.4. The van der Waals surface area contributed by atoms with Crippen LogP contribution in [0.2, 0.25) is 0 Å². The smallest absolute Gasteiger partial charge is 0.342 e. The second-order valence-corrected chi connectivity index (χ2v) is 7.92. The van der Waals surface area contributed by atoms with Crippen LogP contribution in [-0.4, -0.2) is 17.4 Å². The van der Waals surface area contributed by atoms with Crippen molar-refractivity contribution in [1.29, 1.82) is 0 Å². The summed E-state index contributed by atoms with van der Waals surface area (Å²) in [6.45, 7) is 0.162. The van der Waals surface area contributed by atoms with Crippen LogP contribution in [0.4, 0.5) is 8.78 Å². The molecule has 0 aliphatic rings. The standard InChI is InChI=1S/C21H22Cl2F2O3/c1-27-20(26)21(22,23)12-4-2-3-5-15-8-11-19(18(25)13-15)28-14-16-6-9-17(24)10-7-16/h6-11,13H,2-5,12,14H2,1H3. The first-order chi connectivity index (χ1) is 13.3. The van der Waals surface area contributed by atoms with E-state index in [4.69, 9.17) is 27.9 Å². The molecule has 0 spiro atoms. The number of aryl methyl sites for hydroxylation is 1. The van der Waals surface area contributed by atoms with Gasteiger partial charge in [-0.25, -0.2) is 13.6 Å². The second kappa shape index (κ2) is 10.6. The van der Waals surface area contributed by atoms with Crippen molar-refractivity contribution in [1.82, 2.24) is 0 Å². The van der Waals surface area contributed by atoms with Gasteiger partial charge in [0.1, 0.15) is 12.4 Å². The molecule has 0 aliphatic heterocycles. The third-order valence-electron chi connectivity index (χ3n) is 4.24. The molecule has 3 nitrogen and oxygen atoms in total. The van der Waals surface area contributed by atoms with E-state index in [1.807, 2.05) is 6.07 Å². The summed E-state index contributed by atoms with van der Waals surface area (Å²) < 4.78 is 35.6. The van der Waals surface area contributed by atoms with Crippen molar-refractivity contribution < 1.29 is 23.0 Å². The van der Waals surface area contributed by atoms with E-state index in [1.54, 1.807) is 18.2 Å². The number of halogens is 4. The maximum atomic E-state index is 14.2. The number of esters is 1. The number of methoxy groups -OCH3 is 1. The number of rotatable bonds is 10. The quantitative estimate of drug-likeness (QED) is 0.263. The van der Waals surface area contributed by atoms with Gasteiger partial charge < -0.3 is 9.47 Å². The van der Waals surface area contributed by atoms with Crippen molar-refractivity contribution in [3.63, 3.8) is 0 Å². The largest absolute Gasteiger partial charge is 0.486 e. The van der Waals surface area contributed by atoms with Crippen LogP contribution >= 0.6 is 23.2 Å². The highest BCUT2D eigenvalue weighted by Crippen LogP contribution is 2.29. The minimum absolute atomic E-state index is 0.153. The van der Waals surface area contributed by atoms with Crippen molar-refractivity contribution in [2.75, 3.05) is 7.11 Å². The van der Waals surface area contributed by atoms with Gasteiger partial charge in [-0.1, -0.05) is 47.8 Å². The number of hydrogen-bond acceptors (Lipinski definition) is 3. The Balaban J connectivity index is 1.76. The summed E-state index contributed by atoms with van der Waals surface area (Å²) in [6, 6.07) is 10.7. The number of hydrogen-bond donors (Lipinski definition) is 0. The van der Waals surface area contributed by atoms with Gasteiger partial charge in [0.2, 0.25) is 4.33 Å². The van der Waals surface area contributed by atoms with Crippen molar-refractivity contribution >= 4 is 29.2 Å². The summed E-state index contributed by atoms with van der Waals surface area (Å²) in [6.07, 6.45) is 3.24. The molecular formula is C21H22Cl2F2O3. The molecule has 2 aromatic carbocycles. The third kappa shape index (κ3) is 6.95. The summed E-state index contributed by atoms with van der Waals surface area (Å²) in [4.78, 5) is 11.4. The monoisotopic (exact) mass is 430 g/mol. The molecule has 0 aromatic heterocycles. The van der Waals surface area contributed by atoms with E-state index < -0.39 is 16.1 Å². The van der Waals surface area contributed by atoms with Crippen LogP contribution in [0.3, 0.4) is 0 Å². The SMILES string of the molecule is COC(=O)C(Cl)(Cl)CCCCCc1ccc(OCc2ccc(F)cc2)c(F)c1. The molecule has 0 unspecified atom stereocenters. The topological polar surface area (TPSA) is 35.5 Å². The highest BCUT2D eigenvalue weighted by molar-refractivity contribution is 6.57. The fourth-order valence-corrected chi connectivity index (χ4v) is 3.08. The maximum Gasteiger partial charge on any atom is 0.342 e. The van der Waals surface area contributed by atoms with E-state index in [0.29, 0.717) is 19.3 Å². The summed E-state index contributed by atoms with van der Waals surface area (Å²) in [5, 5.41) is 0. The Kier molecular flexibility index (Phi) is 8.52. The Morgan fingerprint density at radius 3 is 2.32 bits per heavy atom. The minimum Gasteiger partial charge on any atom is -0.486 e. The average Bonchev–Trinajstić information content (AvgIpc) is 2.67. The molecule has 0 amide bonds. The molecule has 0 aliphatic carbocycles. The molecule has 0 saturated heterocycles. The average molecular weight is 431 g/mol. The lowest BCUT2D eigenvalue weighted by Gasteiger charge is -2.16. The van der Waals surface area contributed by atoms with E-state index >= 15 is 0 Å². The van der Waals surface area contributed by atoms with E-state index in [0.717, 1.165) is 24.0 Å². The van der Waals surface area contributed by atoms with Crippen molar-refractivity contribution in [3.05, 3.63) is 65.2 Å². The van der Waals surface area contributed by atoms with Crippen molar-refractivity contribution in [2.45, 2.75) is 43.0 Å². The van der Waals surface area contributed by atoms with Gasteiger partial charge in [-0.05, 0) is 61.1 Å². The number of unbranched alkanes of at least 4 members (excludes halogenated alkanes) is 2. The predicted molar refractivity (Wildman–Crippen MR) is 106 cm³/mol. The lowest BCUT2D eigenvalue weighted by molar-refractivity contribution is -0.141. The molecule has 2 rings (SSSR count). The van der Waals surface area contributed by atoms with Crippen LogP contribution in [0.5, 0.6) is 5.75 Å². The van der Waals surface area contributed by atoms with Gasteiger partial charge in [0.25, 0.3) is 0 Å². The van der Waals surface area contributed by atoms with Crippen molar-refractivity contribution in [3.8, 4) is 5.75 Å². The zero-order chi connectivity index (χ0) is 20.6. The normalized spacial score (nSPS) is 11.3. The predicted octanol–water partition coefficient (Wildman–Crippen LogP) is 5.99. The molecular weight excluding hydrogens is 409 g/mol. The first-order valence-corrected chi connectivity index (χ1v) is 9.69. The minimum atomic E-state index is -1.52. The van der Waals surface area contributed by atoms with Gasteiger partial charge in [-0.2, -0.15) is 0 Å². The molecule has 152 valence electrons. The van der Waals surface area contributed by atoms with Gasteiger partial charge in [0.05, 0.1) is 7.11 Å². The third-order valence-corrected chi connectivity index (χ3v) is 4.93. The summed E-state index contributed by atoms with van der Waals surface area (Å²) in [7, 11) is 1.24. The van der Waals surface area contributed by atoms with Gasteiger partial charge in [0.15, 0.2) is 11.6 Å². The molecule has 0 radical (unpaired) electrons. The van der Waals surface area contributed by atoms with E-state index in [2.05, 4.69) is 4.74 Å². The zero-order valence-electron chi connectivity index (χ0n) is 15.5. The molecule has 0 fully saturated rings. The summed E-state index contributed by atoms with van der Waals surface area (Å²) >= 11 is 11.8. The Bertz CT molecular complexity index is 780. The molecule has 0 atom stereocenters. The van der Waals surface area contributed by atoms with Gasteiger partial charge >= 0.3 is 5.97 Å². The maximum absolute atomic E-state index is 14.2. The fourth-order valence-electron chi connectivity index (χ4n) is 2.66. The Morgan fingerprint density at radius 2 is 1.68 bits per heavy atom. The van der Waals surface area contributed by atoms with Crippen LogP contribution in [0.1, 0.15) is 36.8 Å². The van der Waals surface area contributed by atoms with Crippen LogP contribution in [0.15, 0.2) is 42.5 Å². The van der Waals surface area contributed by atoms with Crippen molar-refractivity contribution in [2.24, 2.45) is 0 Å². The lowest BCUT2D eigenvalue weighted by Crippen LogP contribution is -2.27. The number of alkyl halides is 2. The van der Waals surface area contributed by atoms with Crippen LogP contribution in [0, 0.1) is 11.6 Å². The highest BCUT2D eigenvalue weighted by Gasteiger charge is 2.33. The fraction of sp³-hybridized carbons (Fsp3) is 0.381. The van der Waals surface area contributed by atoms with E-state index in [9.17, 15) is 13.6 Å². The lowest BCUT2D eigenvalue weighted by atomic mass is 10.0. The Hall–Kier alpha value is -1.85. The van der Waals surface area contributed by atoms with Gasteiger partial charge in [-0.15, -0.1) is 0 Å². The zero-order valence-corrected chi connectivity index (χ0v) is 17.0. The Labute approximate surface area is 173 Å². The van der Waals surface area contributed by atoms with Gasteiger partial charge in [0, 0.05) is 0 Å². The highest BCUT2D eigenvalue weighted by atomic mass is 35.5. The molecule has 0 bridgehead atoms. The number of benzene rings is 2. The number of carbonyl (C=O) groups excluding carboxylic acids is 1. The molecule has 0 heterocycles. The molecule has 0 saturated carbocycles. The molecule has 2 aromatic rings. The van der Waals surface area contributed by atoms with E-state index in [1.165, 1.54) is 25.3 Å². The van der Waals surface area contributed by atoms with Crippen LogP contribution in [0.25, 0.3) is 0 Å². The van der Waals surface area contributed by atoms with Gasteiger partial charge in [-0.3, -0.25) is 0 Å². The molecule has 28 heavy (non-hydrogen) atoms. The molecule has 0 N–H and O–H groups in total. The van der Waals surface area contributed by atoms with E-state index in [-0.39, 0.29) is 18.2 Å². The summed E-state index contributed by atoms with van der Waals surface area (Å²) in [5.41, 5.74) is 1.61. The number of carbonyl (C=O) groups is 1.